The van der Waals surface area contributed by atoms with Crippen LogP contribution in [0.25, 0.3) is 0 Å². The third-order valence-corrected chi connectivity index (χ3v) is 9.47. The van der Waals surface area contributed by atoms with E-state index < -0.39 is 135 Å². The van der Waals surface area contributed by atoms with Crippen molar-refractivity contribution in [1.82, 2.24) is 5.32 Å². The first kappa shape index (κ1) is 39.1. The first-order chi connectivity index (χ1) is 22.5. The van der Waals surface area contributed by atoms with Gasteiger partial charge in [0.1, 0.15) is 54.4 Å². The number of carbonyl (C=O) groups is 1. The molecule has 4 fully saturated rings. The monoisotopic (exact) mass is 697 g/mol. The number of nitrogens with two attached hydrogens (primary N) is 5. The van der Waals surface area contributed by atoms with Gasteiger partial charge in [-0.2, -0.15) is 0 Å². The van der Waals surface area contributed by atoms with Gasteiger partial charge in [0.2, 0.25) is 0 Å². The maximum atomic E-state index is 13.3. The fraction of sp³-hybridized carbons (Fsp3) is 0.926. The summed E-state index contributed by atoms with van der Waals surface area (Å²) in [6.45, 7) is -1.36. The van der Waals surface area contributed by atoms with Gasteiger partial charge in [-0.1, -0.05) is 0 Å². The van der Waals surface area contributed by atoms with Crippen LogP contribution in [-0.2, 0) is 23.7 Å². The highest BCUT2D eigenvalue weighted by molar-refractivity contribution is 5.92. The molecule has 4 aliphatic rings. The molecule has 48 heavy (non-hydrogen) atoms. The summed E-state index contributed by atoms with van der Waals surface area (Å²) in [6.07, 6.45) is -17.6. The molecule has 18 atom stereocenters. The van der Waals surface area contributed by atoms with Crippen LogP contribution in [0.15, 0.2) is 4.99 Å². The summed E-state index contributed by atoms with van der Waals surface area (Å²) in [5, 5.41) is 95.8. The SMILES string of the molecule is NC(N)=NC1CC1(O)C(=O)C[C@@H]1C[C@H](N)C(O[C@H]2O[C@H](CNCC(O)CO)[C@@H](O)[C@H](O)[C@H]2N)[C@H](O)[C@H]1O[C@H]1O[C@H](CO)[C@@H](O)[C@H](N)[C@H]1O. The van der Waals surface area contributed by atoms with Gasteiger partial charge in [0.15, 0.2) is 24.3 Å². The van der Waals surface area contributed by atoms with Crippen molar-refractivity contribution in [3.05, 3.63) is 0 Å². The van der Waals surface area contributed by atoms with Crippen LogP contribution in [-0.4, -0.2) is 187 Å². The van der Waals surface area contributed by atoms with Crippen LogP contribution in [0.4, 0.5) is 0 Å². The second-order valence-corrected chi connectivity index (χ2v) is 13.1. The van der Waals surface area contributed by atoms with Crippen molar-refractivity contribution < 1.29 is 69.7 Å². The predicted octanol–water partition coefficient (Wildman–Crippen LogP) is -9.32. The predicted molar refractivity (Wildman–Crippen MR) is 161 cm³/mol. The number of guanidine groups is 1. The molecule has 0 bridgehead atoms. The standard InChI is InChI=1S/C27H51N7O14/c28-10-1-8(2-14(38)27(44)3-13(27)34-26(31)32)22(47-25-20(42)15(29)17(39)12(7-36)46-25)21(43)23(10)48-24-16(30)19(41)18(40)11(45-24)5-33-4-9(37)6-35/h8-13,15-25,33,35-37,39-44H,1-7,28-30H2,(H4,31,32,34)/t8-,9?,10-,11+,12+,13?,15-,16+,17+,18+,19+,20+,21+,22-,23?,24+,25+,27?/m0/s1. The lowest BCUT2D eigenvalue weighted by Gasteiger charge is -2.49. The van der Waals surface area contributed by atoms with Crippen molar-refractivity contribution in [2.45, 2.75) is 123 Å². The number of carbonyl (C=O) groups excluding carboxylic acids is 1. The zero-order chi connectivity index (χ0) is 35.7. The van der Waals surface area contributed by atoms with Crippen molar-refractivity contribution in [2.75, 3.05) is 26.3 Å². The molecule has 0 aromatic heterocycles. The van der Waals surface area contributed by atoms with E-state index in [9.17, 15) is 45.6 Å². The Balaban J connectivity index is 1.54. The van der Waals surface area contributed by atoms with E-state index in [4.69, 9.17) is 52.7 Å². The molecule has 278 valence electrons. The summed E-state index contributed by atoms with van der Waals surface area (Å²) in [4.78, 5) is 17.1. The van der Waals surface area contributed by atoms with Crippen molar-refractivity contribution in [1.29, 1.82) is 0 Å². The largest absolute Gasteiger partial charge is 0.394 e. The number of ether oxygens (including phenoxy) is 4. The van der Waals surface area contributed by atoms with Crippen molar-refractivity contribution in [3.63, 3.8) is 0 Å². The normalized spacial score (nSPS) is 46.9. The molecular weight excluding hydrogens is 646 g/mol. The maximum absolute atomic E-state index is 13.3. The molecule has 0 aromatic carbocycles. The number of nitrogens with one attached hydrogen (secondary N) is 1. The van der Waals surface area contributed by atoms with E-state index in [0.29, 0.717) is 0 Å². The van der Waals surface area contributed by atoms with Gasteiger partial charge in [-0.25, -0.2) is 4.99 Å². The number of aliphatic hydroxyl groups excluding tert-OH is 8. The minimum atomic E-state index is -1.87. The molecule has 4 unspecified atom stereocenters. The number of aliphatic hydroxyl groups is 9. The Bertz CT molecular complexity index is 1110. The van der Waals surface area contributed by atoms with Gasteiger partial charge >= 0.3 is 0 Å². The van der Waals surface area contributed by atoms with Gasteiger partial charge in [0, 0.05) is 32.0 Å². The molecular formula is C27H51N7O14. The Labute approximate surface area is 275 Å². The third-order valence-electron chi connectivity index (χ3n) is 9.47. The van der Waals surface area contributed by atoms with E-state index in [1.165, 1.54) is 0 Å². The summed E-state index contributed by atoms with van der Waals surface area (Å²) < 4.78 is 23.4. The van der Waals surface area contributed by atoms with E-state index in [1.807, 2.05) is 0 Å². The van der Waals surface area contributed by atoms with Gasteiger partial charge in [-0.3, -0.25) is 4.79 Å². The van der Waals surface area contributed by atoms with E-state index >= 15 is 0 Å². The number of ketones is 1. The average Bonchev–Trinajstić information content (AvgIpc) is 3.70. The Morgan fingerprint density at radius 1 is 0.896 bits per heavy atom. The molecule has 0 aromatic rings. The van der Waals surface area contributed by atoms with Crippen LogP contribution in [0, 0.1) is 5.92 Å². The van der Waals surface area contributed by atoms with Crippen molar-refractivity contribution in [3.8, 4) is 0 Å². The van der Waals surface area contributed by atoms with E-state index in [2.05, 4.69) is 10.3 Å². The van der Waals surface area contributed by atoms with Crippen molar-refractivity contribution >= 4 is 11.7 Å². The van der Waals surface area contributed by atoms with Crippen LogP contribution in [0.3, 0.4) is 0 Å². The lowest BCUT2D eigenvalue weighted by Crippen LogP contribution is -2.68. The Morgan fingerprint density at radius 2 is 1.54 bits per heavy atom. The van der Waals surface area contributed by atoms with Gasteiger partial charge in [0.25, 0.3) is 0 Å². The zero-order valence-corrected chi connectivity index (χ0v) is 26.2. The molecule has 21 heteroatoms. The topological polar surface area (TPSA) is 391 Å². The minimum Gasteiger partial charge on any atom is -0.394 e. The molecule has 2 aliphatic carbocycles. The number of aliphatic imine (C=N–C) groups is 1. The molecule has 2 saturated carbocycles. The molecule has 0 radical (unpaired) electrons. The average molecular weight is 698 g/mol. The molecule has 0 spiro atoms. The lowest BCUT2D eigenvalue weighted by atomic mass is 9.76. The number of hydrogen-bond acceptors (Lipinski definition) is 19. The highest BCUT2D eigenvalue weighted by Gasteiger charge is 2.60. The van der Waals surface area contributed by atoms with Gasteiger partial charge in [-0.15, -0.1) is 0 Å². The first-order valence-electron chi connectivity index (χ1n) is 15.8. The van der Waals surface area contributed by atoms with E-state index in [-0.39, 0.29) is 31.9 Å². The third kappa shape index (κ3) is 8.41. The summed E-state index contributed by atoms with van der Waals surface area (Å²) >= 11 is 0. The van der Waals surface area contributed by atoms with Gasteiger partial charge < -0.3 is 98.9 Å². The Morgan fingerprint density at radius 3 is 2.17 bits per heavy atom. The minimum absolute atomic E-state index is 0.0439. The van der Waals surface area contributed by atoms with Crippen molar-refractivity contribution in [2.24, 2.45) is 39.6 Å². The summed E-state index contributed by atoms with van der Waals surface area (Å²) in [7, 11) is 0. The molecule has 0 amide bonds. The maximum Gasteiger partial charge on any atom is 0.186 e. The first-order valence-corrected chi connectivity index (χ1v) is 15.8. The Kier molecular flexibility index (Phi) is 13.1. The second kappa shape index (κ2) is 16.1. The van der Waals surface area contributed by atoms with Crippen LogP contribution >= 0.6 is 0 Å². The number of Topliss-reactive ketones (excluding diaryl/α,β-unsaturated/α-hetero) is 1. The molecule has 2 saturated heterocycles. The highest BCUT2D eigenvalue weighted by atomic mass is 16.7. The van der Waals surface area contributed by atoms with Gasteiger partial charge in [0.05, 0.1) is 43.5 Å². The fourth-order valence-electron chi connectivity index (χ4n) is 6.43. The van der Waals surface area contributed by atoms with Crippen LogP contribution in [0.1, 0.15) is 19.3 Å². The molecule has 4 rings (SSSR count). The summed E-state index contributed by atoms with van der Waals surface area (Å²) in [5.41, 5.74) is 27.4. The zero-order valence-electron chi connectivity index (χ0n) is 26.2. The number of hydrogen-bond donors (Lipinski definition) is 15. The number of rotatable bonds is 14. The fourth-order valence-corrected chi connectivity index (χ4v) is 6.43. The smallest absolute Gasteiger partial charge is 0.186 e. The second-order valence-electron chi connectivity index (χ2n) is 13.1. The van der Waals surface area contributed by atoms with E-state index in [0.717, 1.165) is 0 Å². The van der Waals surface area contributed by atoms with Crippen LogP contribution in [0.2, 0.25) is 0 Å². The molecule has 2 heterocycles. The van der Waals surface area contributed by atoms with Gasteiger partial charge in [-0.05, 0) is 12.3 Å². The quantitative estimate of drug-likeness (QED) is 0.0591. The number of nitrogens with zero attached hydrogens (tertiary/aromatic N) is 1. The van der Waals surface area contributed by atoms with Crippen LogP contribution in [0.5, 0.6) is 0 Å². The Hall–Kier alpha value is -1.74. The molecule has 2 aliphatic heterocycles. The lowest BCUT2D eigenvalue weighted by molar-refractivity contribution is -0.323. The molecule has 21 nitrogen and oxygen atoms in total. The summed E-state index contributed by atoms with van der Waals surface area (Å²) in [6, 6.07) is -4.55. The highest BCUT2D eigenvalue weighted by Crippen LogP contribution is 2.43. The molecule has 20 N–H and O–H groups in total. The van der Waals surface area contributed by atoms with Crippen LogP contribution < -0.4 is 34.0 Å². The summed E-state index contributed by atoms with van der Waals surface area (Å²) in [5.74, 6) is -1.92. The van der Waals surface area contributed by atoms with E-state index in [1.54, 1.807) is 0 Å².